The molecule has 1 spiro atoms. The summed E-state index contributed by atoms with van der Waals surface area (Å²) in [5.74, 6) is -0.0711. The fourth-order valence-electron chi connectivity index (χ4n) is 4.10. The molecule has 2 aromatic rings. The van der Waals surface area contributed by atoms with Crippen LogP contribution in [0, 0.1) is 0 Å². The number of pyridine rings is 1. The van der Waals surface area contributed by atoms with Crippen LogP contribution in [0.2, 0.25) is 0 Å². The minimum Gasteiger partial charge on any atom is -0.367 e. The summed E-state index contributed by atoms with van der Waals surface area (Å²) in [6, 6.07) is 11.8. The Bertz CT molecular complexity index is 855. The fourth-order valence-corrected chi connectivity index (χ4v) is 4.10. The van der Waals surface area contributed by atoms with Crippen molar-refractivity contribution in [2.24, 2.45) is 0 Å². The van der Waals surface area contributed by atoms with Gasteiger partial charge in [-0.05, 0) is 36.1 Å². The predicted octanol–water partition coefficient (Wildman–Crippen LogP) is 1.83. The van der Waals surface area contributed by atoms with E-state index >= 15 is 0 Å². The number of fused-ring (bicyclic) bond motifs is 2. The quantitative estimate of drug-likeness (QED) is 0.897. The Morgan fingerprint density at radius 2 is 2.15 bits per heavy atom. The number of amides is 2. The van der Waals surface area contributed by atoms with E-state index in [0.717, 1.165) is 23.2 Å². The van der Waals surface area contributed by atoms with Crippen LogP contribution in [-0.2, 0) is 26.2 Å². The summed E-state index contributed by atoms with van der Waals surface area (Å²) < 4.78 is 5.88. The molecule has 0 bridgehead atoms. The van der Waals surface area contributed by atoms with Crippen LogP contribution in [0.3, 0.4) is 0 Å². The lowest BCUT2D eigenvalue weighted by Crippen LogP contribution is -2.38. The summed E-state index contributed by atoms with van der Waals surface area (Å²) in [6.07, 6.45) is 4.38. The molecule has 0 unspecified atom stereocenters. The number of hydrogen-bond acceptors (Lipinski definition) is 4. The number of ether oxygens (including phenoxy) is 1. The minimum absolute atomic E-state index is 0.0173. The Balaban J connectivity index is 1.41. The van der Waals surface area contributed by atoms with Crippen LogP contribution in [0.15, 0.2) is 48.8 Å². The molecule has 4 rings (SSSR count). The van der Waals surface area contributed by atoms with Gasteiger partial charge in [0.05, 0.1) is 6.61 Å². The maximum absolute atomic E-state index is 12.6. The van der Waals surface area contributed by atoms with E-state index in [1.165, 1.54) is 0 Å². The smallest absolute Gasteiger partial charge is 0.249 e. The van der Waals surface area contributed by atoms with Crippen LogP contribution in [0.4, 0.5) is 5.69 Å². The first-order valence-corrected chi connectivity index (χ1v) is 9.25. The topological polar surface area (TPSA) is 71.5 Å². The number of nitrogens with zero attached hydrogens (tertiary/aromatic N) is 2. The Kier molecular flexibility index (Phi) is 4.66. The van der Waals surface area contributed by atoms with Crippen LogP contribution in [0.5, 0.6) is 0 Å². The lowest BCUT2D eigenvalue weighted by molar-refractivity contribution is -0.130. The molecule has 2 atom stereocenters. The highest BCUT2D eigenvalue weighted by Gasteiger charge is 2.51. The molecule has 0 radical (unpaired) electrons. The highest BCUT2D eigenvalue weighted by molar-refractivity contribution is 5.95. The van der Waals surface area contributed by atoms with Crippen LogP contribution < -0.4 is 10.2 Å². The number of rotatable bonds is 4. The highest BCUT2D eigenvalue weighted by atomic mass is 16.5. The molecule has 1 aromatic heterocycles. The molecule has 3 heterocycles. The molecule has 0 saturated carbocycles. The minimum atomic E-state index is -0.487. The first kappa shape index (κ1) is 17.7. The van der Waals surface area contributed by atoms with Gasteiger partial charge in [0.1, 0.15) is 6.10 Å². The van der Waals surface area contributed by atoms with Crippen molar-refractivity contribution in [2.75, 3.05) is 24.6 Å². The summed E-state index contributed by atoms with van der Waals surface area (Å²) in [4.78, 5) is 30.5. The molecule has 2 aliphatic heterocycles. The second kappa shape index (κ2) is 7.12. The first-order chi connectivity index (χ1) is 13.1. The number of anilines is 1. The van der Waals surface area contributed by atoms with Gasteiger partial charge in [-0.15, -0.1) is 0 Å². The van der Waals surface area contributed by atoms with Crippen LogP contribution >= 0.6 is 0 Å². The van der Waals surface area contributed by atoms with Crippen LogP contribution in [-0.4, -0.2) is 42.6 Å². The van der Waals surface area contributed by atoms with Crippen LogP contribution in [0.1, 0.15) is 24.5 Å². The largest absolute Gasteiger partial charge is 0.367 e. The van der Waals surface area contributed by atoms with E-state index in [1.807, 2.05) is 36.4 Å². The predicted molar refractivity (Wildman–Crippen MR) is 101 cm³/mol. The van der Waals surface area contributed by atoms with Gasteiger partial charge in [0.2, 0.25) is 11.8 Å². The zero-order chi connectivity index (χ0) is 18.9. The van der Waals surface area contributed by atoms with Crippen molar-refractivity contribution in [1.29, 1.82) is 0 Å². The Morgan fingerprint density at radius 3 is 2.93 bits per heavy atom. The summed E-state index contributed by atoms with van der Waals surface area (Å²) in [5.41, 5.74) is 2.83. The van der Waals surface area contributed by atoms with Gasteiger partial charge in [-0.25, -0.2) is 0 Å². The molecule has 2 amide bonds. The summed E-state index contributed by atoms with van der Waals surface area (Å²) in [5, 5.41) is 2.97. The average Bonchev–Trinajstić information content (AvgIpc) is 3.26. The van der Waals surface area contributed by atoms with Crippen LogP contribution in [0.25, 0.3) is 0 Å². The zero-order valence-corrected chi connectivity index (χ0v) is 15.4. The van der Waals surface area contributed by atoms with Gasteiger partial charge in [-0.3, -0.25) is 14.6 Å². The molecule has 27 heavy (non-hydrogen) atoms. The van der Waals surface area contributed by atoms with Crippen molar-refractivity contribution in [3.63, 3.8) is 0 Å². The van der Waals surface area contributed by atoms with Crippen molar-refractivity contribution < 1.29 is 14.3 Å². The standard InChI is InChI=1S/C21H23N3O3/c1-15(25)24-13-21(17-6-2-3-7-18(17)24)11-19(27-14-21)20(26)23-10-8-16-5-4-9-22-12-16/h2-7,9,12,19H,8,10-11,13-14H2,1H3,(H,23,26)/t19-,21+/m1/s1. The third-order valence-electron chi connectivity index (χ3n) is 5.47. The van der Waals surface area contributed by atoms with E-state index in [4.69, 9.17) is 4.74 Å². The SMILES string of the molecule is CC(=O)N1C[C@@]2(CO[C@@H](C(=O)NCCc3cccnc3)C2)c2ccccc21. The average molecular weight is 365 g/mol. The molecular formula is C21H23N3O3. The molecule has 6 nitrogen and oxygen atoms in total. The second-order valence-corrected chi connectivity index (χ2v) is 7.31. The second-order valence-electron chi connectivity index (χ2n) is 7.31. The van der Waals surface area contributed by atoms with Crippen molar-refractivity contribution >= 4 is 17.5 Å². The van der Waals surface area contributed by atoms with E-state index in [2.05, 4.69) is 10.3 Å². The third kappa shape index (κ3) is 3.32. The van der Waals surface area contributed by atoms with Gasteiger partial charge >= 0.3 is 0 Å². The number of aromatic nitrogens is 1. The summed E-state index contributed by atoms with van der Waals surface area (Å²) in [7, 11) is 0. The van der Waals surface area contributed by atoms with E-state index < -0.39 is 6.10 Å². The highest BCUT2D eigenvalue weighted by Crippen LogP contribution is 2.47. The number of carbonyl (C=O) groups excluding carboxylic acids is 2. The molecule has 1 aromatic carbocycles. The first-order valence-electron chi connectivity index (χ1n) is 9.25. The third-order valence-corrected chi connectivity index (χ3v) is 5.47. The molecule has 6 heteroatoms. The van der Waals surface area contributed by atoms with Crippen molar-refractivity contribution in [1.82, 2.24) is 10.3 Å². The van der Waals surface area contributed by atoms with Gasteiger partial charge in [-0.2, -0.15) is 0 Å². The van der Waals surface area contributed by atoms with Gasteiger partial charge in [0.25, 0.3) is 0 Å². The fraction of sp³-hybridized carbons (Fsp3) is 0.381. The van der Waals surface area contributed by atoms with Gasteiger partial charge in [-0.1, -0.05) is 24.3 Å². The maximum atomic E-state index is 12.6. The molecule has 2 aliphatic rings. The number of nitrogens with one attached hydrogen (secondary N) is 1. The number of carbonyl (C=O) groups is 2. The van der Waals surface area contributed by atoms with Crippen molar-refractivity contribution in [3.05, 3.63) is 59.9 Å². The molecule has 0 aliphatic carbocycles. The number of hydrogen-bond donors (Lipinski definition) is 1. The normalized spacial score (nSPS) is 23.4. The summed E-state index contributed by atoms with van der Waals surface area (Å²) >= 11 is 0. The molecular weight excluding hydrogens is 342 g/mol. The zero-order valence-electron chi connectivity index (χ0n) is 15.4. The van der Waals surface area contributed by atoms with Crippen molar-refractivity contribution in [2.45, 2.75) is 31.3 Å². The van der Waals surface area contributed by atoms with Gasteiger partial charge < -0.3 is 15.0 Å². The van der Waals surface area contributed by atoms with E-state index in [9.17, 15) is 9.59 Å². The Morgan fingerprint density at radius 1 is 1.30 bits per heavy atom. The van der Waals surface area contributed by atoms with Gasteiger partial charge in [0.15, 0.2) is 0 Å². The molecule has 1 fully saturated rings. The molecule has 1 saturated heterocycles. The lowest BCUT2D eigenvalue weighted by atomic mass is 9.80. The van der Waals surface area contributed by atoms with E-state index in [-0.39, 0.29) is 17.2 Å². The summed E-state index contributed by atoms with van der Waals surface area (Å²) in [6.45, 7) is 3.15. The number of benzene rings is 1. The Labute approximate surface area is 158 Å². The van der Waals surface area contributed by atoms with Gasteiger partial charge in [0, 0.05) is 43.5 Å². The molecule has 140 valence electrons. The van der Waals surface area contributed by atoms with E-state index in [0.29, 0.717) is 26.1 Å². The monoisotopic (exact) mass is 365 g/mol. The molecule has 1 N–H and O–H groups in total. The van der Waals surface area contributed by atoms with Crippen molar-refractivity contribution in [3.8, 4) is 0 Å². The van der Waals surface area contributed by atoms with E-state index in [1.54, 1.807) is 24.2 Å². The number of para-hydroxylation sites is 1. The maximum Gasteiger partial charge on any atom is 0.249 e. The lowest BCUT2D eigenvalue weighted by Gasteiger charge is -2.22. The Hall–Kier alpha value is -2.73.